The van der Waals surface area contributed by atoms with Crippen LogP contribution in [0.1, 0.15) is 37.9 Å². The van der Waals surface area contributed by atoms with Crippen LogP contribution in [0, 0.1) is 11.6 Å². The molecular weight excluding hydrogens is 418 g/mol. The topological polar surface area (TPSA) is 33.2 Å². The van der Waals surface area contributed by atoms with Gasteiger partial charge in [-0.25, -0.2) is 8.78 Å². The number of nitrogens with zero attached hydrogens (tertiary/aromatic N) is 2. The molecule has 3 aromatic carbocycles. The molecule has 4 aromatic rings. The fourth-order valence-electron chi connectivity index (χ4n) is 5.14. The van der Waals surface area contributed by atoms with Gasteiger partial charge in [-0.2, -0.15) is 0 Å². The number of carbonyl (C=O) groups is 1. The average Bonchev–Trinajstić information content (AvgIpc) is 3.08. The van der Waals surface area contributed by atoms with E-state index < -0.39 is 17.0 Å². The van der Waals surface area contributed by atoms with E-state index >= 15 is 0 Å². The summed E-state index contributed by atoms with van der Waals surface area (Å²) in [6.07, 6.45) is 3.18. The van der Waals surface area contributed by atoms with Crippen molar-refractivity contribution in [1.29, 1.82) is 0 Å². The van der Waals surface area contributed by atoms with Crippen molar-refractivity contribution in [3.8, 4) is 11.1 Å². The number of amides is 1. The summed E-state index contributed by atoms with van der Waals surface area (Å²) in [5.41, 5.74) is 3.25. The molecule has 0 N–H and O–H groups in total. The third-order valence-corrected chi connectivity index (χ3v) is 6.97. The standard InChI is InChI=1S/C28H24F2N2O/c1-3-28(4-2)21-11-7-8-12-25(21)32(27(28)33)17-24-26(18-13-14-22(29)23(30)15-18)20-10-6-5-9-19(20)16-31-24/h5-16H,3-4,17H2,1-2H3. The number of hydrogen-bond acceptors (Lipinski definition) is 2. The van der Waals surface area contributed by atoms with Gasteiger partial charge in [0.05, 0.1) is 17.7 Å². The Labute approximate surface area is 191 Å². The van der Waals surface area contributed by atoms with Crippen LogP contribution in [0.4, 0.5) is 14.5 Å². The molecule has 0 atom stereocenters. The second-order valence-corrected chi connectivity index (χ2v) is 8.49. The molecule has 0 fully saturated rings. The zero-order valence-electron chi connectivity index (χ0n) is 18.6. The van der Waals surface area contributed by atoms with Crippen molar-refractivity contribution in [1.82, 2.24) is 4.98 Å². The molecule has 3 nitrogen and oxygen atoms in total. The summed E-state index contributed by atoms with van der Waals surface area (Å²) in [7, 11) is 0. The summed E-state index contributed by atoms with van der Waals surface area (Å²) >= 11 is 0. The molecule has 1 aliphatic rings. The maximum atomic E-state index is 14.2. The fourth-order valence-corrected chi connectivity index (χ4v) is 5.14. The van der Waals surface area contributed by atoms with E-state index in [1.54, 1.807) is 17.2 Å². The number of carbonyl (C=O) groups excluding carboxylic acids is 1. The molecular formula is C28H24F2N2O. The van der Waals surface area contributed by atoms with E-state index in [2.05, 4.69) is 0 Å². The van der Waals surface area contributed by atoms with Crippen molar-refractivity contribution >= 4 is 22.4 Å². The maximum absolute atomic E-state index is 14.2. The van der Waals surface area contributed by atoms with E-state index in [0.29, 0.717) is 29.7 Å². The van der Waals surface area contributed by atoms with E-state index in [1.807, 2.05) is 62.4 Å². The zero-order chi connectivity index (χ0) is 23.2. The Morgan fingerprint density at radius 1 is 0.909 bits per heavy atom. The van der Waals surface area contributed by atoms with E-state index in [1.165, 1.54) is 6.07 Å². The van der Waals surface area contributed by atoms with E-state index in [9.17, 15) is 13.6 Å². The fraction of sp³-hybridized carbons (Fsp3) is 0.214. The summed E-state index contributed by atoms with van der Waals surface area (Å²) in [6.45, 7) is 4.34. The second kappa shape index (κ2) is 8.07. The Kier molecular flexibility index (Phi) is 5.20. The van der Waals surface area contributed by atoms with Crippen LogP contribution >= 0.6 is 0 Å². The predicted octanol–water partition coefficient (Wildman–Crippen LogP) is 6.78. The van der Waals surface area contributed by atoms with Crippen molar-refractivity contribution in [2.75, 3.05) is 4.90 Å². The van der Waals surface area contributed by atoms with Crippen molar-refractivity contribution in [3.05, 3.63) is 95.8 Å². The molecule has 0 unspecified atom stereocenters. The molecule has 0 aliphatic carbocycles. The van der Waals surface area contributed by atoms with Crippen molar-refractivity contribution in [3.63, 3.8) is 0 Å². The first-order chi connectivity index (χ1) is 16.0. The average molecular weight is 443 g/mol. The first kappa shape index (κ1) is 21.3. The van der Waals surface area contributed by atoms with Crippen LogP contribution in [-0.2, 0) is 16.8 Å². The molecule has 5 rings (SSSR count). The van der Waals surface area contributed by atoms with Crippen LogP contribution in [0.15, 0.2) is 72.9 Å². The van der Waals surface area contributed by atoms with Crippen LogP contribution in [0.2, 0.25) is 0 Å². The van der Waals surface area contributed by atoms with Gasteiger partial charge >= 0.3 is 0 Å². The van der Waals surface area contributed by atoms with Gasteiger partial charge in [0.2, 0.25) is 5.91 Å². The lowest BCUT2D eigenvalue weighted by atomic mass is 9.77. The molecule has 0 radical (unpaired) electrons. The smallest absolute Gasteiger partial charge is 0.238 e. The Morgan fingerprint density at radius 3 is 2.39 bits per heavy atom. The minimum absolute atomic E-state index is 0.0555. The minimum atomic E-state index is -0.912. The number of aromatic nitrogens is 1. The maximum Gasteiger partial charge on any atom is 0.238 e. The number of halogens is 2. The number of anilines is 1. The van der Waals surface area contributed by atoms with Crippen LogP contribution in [0.25, 0.3) is 21.9 Å². The lowest BCUT2D eigenvalue weighted by molar-refractivity contribution is -0.123. The molecule has 0 saturated heterocycles. The van der Waals surface area contributed by atoms with Gasteiger partial charge < -0.3 is 4.90 Å². The number of hydrogen-bond donors (Lipinski definition) is 0. The third-order valence-electron chi connectivity index (χ3n) is 6.97. The first-order valence-electron chi connectivity index (χ1n) is 11.2. The highest BCUT2D eigenvalue weighted by Gasteiger charge is 2.48. The Hall–Kier alpha value is -3.60. The largest absolute Gasteiger partial charge is 0.305 e. The van der Waals surface area contributed by atoms with Crippen LogP contribution < -0.4 is 4.90 Å². The predicted molar refractivity (Wildman–Crippen MR) is 127 cm³/mol. The monoisotopic (exact) mass is 442 g/mol. The van der Waals surface area contributed by atoms with Crippen LogP contribution in [0.3, 0.4) is 0 Å². The highest BCUT2D eigenvalue weighted by Crippen LogP contribution is 2.47. The molecule has 5 heteroatoms. The minimum Gasteiger partial charge on any atom is -0.305 e. The van der Waals surface area contributed by atoms with Gasteiger partial charge in [0.15, 0.2) is 11.6 Å². The van der Waals surface area contributed by atoms with E-state index in [-0.39, 0.29) is 12.5 Å². The quantitative estimate of drug-likeness (QED) is 0.341. The van der Waals surface area contributed by atoms with E-state index in [0.717, 1.165) is 28.1 Å². The zero-order valence-corrected chi connectivity index (χ0v) is 18.6. The third kappa shape index (κ3) is 3.22. The number of rotatable bonds is 5. The second-order valence-electron chi connectivity index (χ2n) is 8.49. The molecule has 33 heavy (non-hydrogen) atoms. The molecule has 2 heterocycles. The molecule has 1 amide bonds. The van der Waals surface area contributed by atoms with Gasteiger partial charge in [0.1, 0.15) is 0 Å². The molecule has 166 valence electrons. The molecule has 1 aliphatic heterocycles. The Morgan fingerprint density at radius 2 is 1.64 bits per heavy atom. The van der Waals surface area contributed by atoms with Crippen molar-refractivity contribution in [2.45, 2.75) is 38.6 Å². The summed E-state index contributed by atoms with van der Waals surface area (Å²) in [5.74, 6) is -1.75. The number of para-hydroxylation sites is 1. The normalized spacial score (nSPS) is 14.7. The van der Waals surface area contributed by atoms with Gasteiger partial charge in [0.25, 0.3) is 0 Å². The van der Waals surface area contributed by atoms with Crippen LogP contribution in [-0.4, -0.2) is 10.9 Å². The lowest BCUT2D eigenvalue weighted by Gasteiger charge is -2.26. The first-order valence-corrected chi connectivity index (χ1v) is 11.2. The van der Waals surface area contributed by atoms with Gasteiger partial charge in [-0.3, -0.25) is 9.78 Å². The van der Waals surface area contributed by atoms with Gasteiger partial charge in [0, 0.05) is 22.8 Å². The van der Waals surface area contributed by atoms with Crippen LogP contribution in [0.5, 0.6) is 0 Å². The highest BCUT2D eigenvalue weighted by molar-refractivity contribution is 6.08. The Bertz CT molecular complexity index is 1380. The molecule has 0 spiro atoms. The number of fused-ring (bicyclic) bond motifs is 2. The Balaban J connectivity index is 1.69. The summed E-state index contributed by atoms with van der Waals surface area (Å²) in [4.78, 5) is 20.2. The molecule has 0 saturated carbocycles. The van der Waals surface area contributed by atoms with Gasteiger partial charge in [-0.15, -0.1) is 0 Å². The van der Waals surface area contributed by atoms with Crippen molar-refractivity contribution in [2.24, 2.45) is 0 Å². The summed E-state index contributed by atoms with van der Waals surface area (Å²) in [6, 6.07) is 19.5. The summed E-state index contributed by atoms with van der Waals surface area (Å²) < 4.78 is 27.9. The SMILES string of the molecule is CCC1(CC)C(=O)N(Cc2ncc3ccccc3c2-c2ccc(F)c(F)c2)c2ccccc21. The number of benzene rings is 3. The molecule has 0 bridgehead atoms. The number of pyridine rings is 1. The van der Waals surface area contributed by atoms with Crippen molar-refractivity contribution < 1.29 is 13.6 Å². The van der Waals surface area contributed by atoms with Gasteiger partial charge in [-0.05, 0) is 47.6 Å². The molecule has 1 aromatic heterocycles. The summed E-state index contributed by atoms with van der Waals surface area (Å²) in [5, 5.41) is 1.77. The van der Waals surface area contributed by atoms with Gasteiger partial charge in [-0.1, -0.05) is 62.4 Å². The highest BCUT2D eigenvalue weighted by atomic mass is 19.2. The van der Waals surface area contributed by atoms with E-state index in [4.69, 9.17) is 4.98 Å². The lowest BCUT2D eigenvalue weighted by Crippen LogP contribution is -2.39.